The van der Waals surface area contributed by atoms with Crippen molar-refractivity contribution >= 4 is 27.3 Å². The number of sulfonamides is 1. The lowest BCUT2D eigenvalue weighted by Gasteiger charge is -2.28. The number of pyridine rings is 2. The average Bonchev–Trinajstić information content (AvgIpc) is 3.19. The number of anilines is 2. The van der Waals surface area contributed by atoms with E-state index in [0.29, 0.717) is 66.7 Å². The topological polar surface area (TPSA) is 147 Å². The summed E-state index contributed by atoms with van der Waals surface area (Å²) >= 11 is 0. The maximum atomic E-state index is 13.3. The van der Waals surface area contributed by atoms with Crippen molar-refractivity contribution in [3.63, 3.8) is 0 Å². The number of benzene rings is 4. The van der Waals surface area contributed by atoms with Gasteiger partial charge in [-0.25, -0.2) is 8.42 Å². The lowest BCUT2D eigenvalue weighted by atomic mass is 10.1. The molecule has 12 heteroatoms. The second-order valence-corrected chi connectivity index (χ2v) is 14.7. The van der Waals surface area contributed by atoms with E-state index in [4.69, 9.17) is 9.47 Å². The van der Waals surface area contributed by atoms with E-state index in [1.165, 1.54) is 0 Å². The first-order valence-electron chi connectivity index (χ1n) is 17.5. The Kier molecular flexibility index (Phi) is 12.4. The van der Waals surface area contributed by atoms with E-state index >= 15 is 0 Å². The molecule has 0 radical (unpaired) electrons. The number of hydrogen-bond acceptors (Lipinski definition) is 9. The summed E-state index contributed by atoms with van der Waals surface area (Å²) in [4.78, 5) is 23.7. The van der Waals surface area contributed by atoms with Gasteiger partial charge in [0.2, 0.25) is 10.0 Å². The summed E-state index contributed by atoms with van der Waals surface area (Å²) in [6, 6.07) is 35.4. The standard InChI is InChI=1S/C43H40N6O5S/c1-31-41(48-55(2,51)52)8-3-9-42(31)49(29-34-12-10-32(25-44)11-13-34)30-35-14-16-38(17-15-35)54-40-23-37(43(50)47-28-36-7-5-20-46-27-36)22-39(24-40)53-21-18-33-6-4-19-45-26-33/h3-17,19-20,22-24,26-27,48H,18,21,28-30H2,1-2H3,(H,47,50). The largest absolute Gasteiger partial charge is 0.493 e. The van der Waals surface area contributed by atoms with E-state index in [2.05, 4.69) is 31.0 Å². The normalized spacial score (nSPS) is 10.9. The molecule has 6 rings (SSSR count). The number of amides is 1. The first kappa shape index (κ1) is 38.0. The Morgan fingerprint density at radius 3 is 2.07 bits per heavy atom. The average molecular weight is 753 g/mol. The number of carbonyl (C=O) groups is 1. The Bertz CT molecular complexity index is 2370. The molecule has 0 unspecified atom stereocenters. The molecular weight excluding hydrogens is 713 g/mol. The van der Waals surface area contributed by atoms with Crippen molar-refractivity contribution in [1.29, 1.82) is 5.26 Å². The van der Waals surface area contributed by atoms with Crippen LogP contribution >= 0.6 is 0 Å². The third-order valence-electron chi connectivity index (χ3n) is 8.63. The highest BCUT2D eigenvalue weighted by Gasteiger charge is 2.16. The maximum absolute atomic E-state index is 13.3. The molecule has 278 valence electrons. The minimum absolute atomic E-state index is 0.282. The zero-order valence-corrected chi connectivity index (χ0v) is 31.3. The molecular formula is C43H40N6O5S. The van der Waals surface area contributed by atoms with Gasteiger partial charge in [0.15, 0.2) is 0 Å². The Morgan fingerprint density at radius 2 is 1.44 bits per heavy atom. The molecule has 0 aliphatic rings. The van der Waals surface area contributed by atoms with Crippen LogP contribution in [0.2, 0.25) is 0 Å². The van der Waals surface area contributed by atoms with Crippen LogP contribution in [0, 0.1) is 18.3 Å². The Labute approximate surface area is 321 Å². The van der Waals surface area contributed by atoms with Crippen molar-refractivity contribution in [1.82, 2.24) is 15.3 Å². The molecule has 11 nitrogen and oxygen atoms in total. The third kappa shape index (κ3) is 11.1. The van der Waals surface area contributed by atoms with Crippen molar-refractivity contribution in [3.05, 3.63) is 173 Å². The first-order chi connectivity index (χ1) is 26.6. The lowest BCUT2D eigenvalue weighted by molar-refractivity contribution is 0.0950. The van der Waals surface area contributed by atoms with Crippen molar-refractivity contribution in [2.75, 3.05) is 22.5 Å². The first-order valence-corrected chi connectivity index (χ1v) is 19.4. The SMILES string of the molecule is Cc1c(NS(C)(=O)=O)cccc1N(Cc1ccc(C#N)cc1)Cc1ccc(Oc2cc(OCCc3cccnc3)cc(C(=O)NCc3cccnc3)c2)cc1. The van der Waals surface area contributed by atoms with Crippen LogP contribution in [0.15, 0.2) is 134 Å². The van der Waals surface area contributed by atoms with Crippen molar-refractivity contribution in [2.24, 2.45) is 0 Å². The van der Waals surface area contributed by atoms with Crippen LogP contribution in [-0.2, 0) is 36.1 Å². The monoisotopic (exact) mass is 752 g/mol. The molecule has 0 atom stereocenters. The summed E-state index contributed by atoms with van der Waals surface area (Å²) in [5, 5.41) is 12.2. The van der Waals surface area contributed by atoms with Crippen LogP contribution in [0.4, 0.5) is 11.4 Å². The molecule has 0 saturated heterocycles. The van der Waals surface area contributed by atoms with Gasteiger partial charge in [0.05, 0.1) is 30.2 Å². The quantitative estimate of drug-likeness (QED) is 0.102. The Balaban J connectivity index is 1.21. The molecule has 0 aliphatic heterocycles. The summed E-state index contributed by atoms with van der Waals surface area (Å²) in [6.45, 7) is 3.58. The number of nitriles is 1. The van der Waals surface area contributed by atoms with Crippen LogP contribution in [0.3, 0.4) is 0 Å². The van der Waals surface area contributed by atoms with Gasteiger partial charge >= 0.3 is 0 Å². The minimum atomic E-state index is -3.49. The maximum Gasteiger partial charge on any atom is 0.251 e. The van der Waals surface area contributed by atoms with Crippen molar-refractivity contribution in [3.8, 4) is 23.3 Å². The predicted molar refractivity (Wildman–Crippen MR) is 212 cm³/mol. The fourth-order valence-electron chi connectivity index (χ4n) is 5.89. The van der Waals surface area contributed by atoms with Gasteiger partial charge in [0.1, 0.15) is 17.2 Å². The number of nitrogens with zero attached hydrogens (tertiary/aromatic N) is 4. The highest BCUT2D eigenvalue weighted by atomic mass is 32.2. The van der Waals surface area contributed by atoms with Crippen LogP contribution in [0.1, 0.15) is 43.7 Å². The molecule has 1 amide bonds. The van der Waals surface area contributed by atoms with E-state index in [-0.39, 0.29) is 5.91 Å². The van der Waals surface area contributed by atoms with Gasteiger partial charge in [-0.1, -0.05) is 42.5 Å². The van der Waals surface area contributed by atoms with Crippen LogP contribution in [0.25, 0.3) is 0 Å². The van der Waals surface area contributed by atoms with E-state index < -0.39 is 10.0 Å². The number of ether oxygens (including phenoxy) is 2. The minimum Gasteiger partial charge on any atom is -0.493 e. The molecule has 4 aromatic carbocycles. The highest BCUT2D eigenvalue weighted by molar-refractivity contribution is 7.92. The molecule has 0 spiro atoms. The van der Waals surface area contributed by atoms with Crippen molar-refractivity contribution in [2.45, 2.75) is 33.0 Å². The molecule has 0 aliphatic carbocycles. The van der Waals surface area contributed by atoms with Gasteiger partial charge in [0, 0.05) is 68.2 Å². The highest BCUT2D eigenvalue weighted by Crippen LogP contribution is 2.32. The molecule has 2 aromatic heterocycles. The van der Waals surface area contributed by atoms with Crippen molar-refractivity contribution < 1.29 is 22.7 Å². The van der Waals surface area contributed by atoms with E-state index in [1.54, 1.807) is 61.2 Å². The fraction of sp³-hybridized carbons (Fsp3) is 0.163. The molecule has 2 N–H and O–H groups in total. The molecule has 0 saturated carbocycles. The summed E-state index contributed by atoms with van der Waals surface area (Å²) in [7, 11) is -3.49. The lowest BCUT2D eigenvalue weighted by Crippen LogP contribution is -2.23. The predicted octanol–water partition coefficient (Wildman–Crippen LogP) is 7.58. The summed E-state index contributed by atoms with van der Waals surface area (Å²) in [5.74, 6) is 1.21. The van der Waals surface area contributed by atoms with E-state index in [0.717, 1.165) is 39.8 Å². The number of nitrogens with one attached hydrogen (secondary N) is 2. The van der Waals surface area contributed by atoms with Crippen LogP contribution in [0.5, 0.6) is 17.2 Å². The smallest absolute Gasteiger partial charge is 0.251 e. The van der Waals surface area contributed by atoms with Gasteiger partial charge in [-0.05, 0) is 95.4 Å². The molecule has 0 bridgehead atoms. The van der Waals surface area contributed by atoms with E-state index in [1.807, 2.05) is 79.7 Å². The zero-order valence-electron chi connectivity index (χ0n) is 30.5. The van der Waals surface area contributed by atoms with Crippen LogP contribution < -0.4 is 24.4 Å². The molecule has 6 aromatic rings. The summed E-state index contributed by atoms with van der Waals surface area (Å²) < 4.78 is 39.2. The van der Waals surface area contributed by atoms with Gasteiger partial charge in [0.25, 0.3) is 5.91 Å². The summed E-state index contributed by atoms with van der Waals surface area (Å²) in [6.07, 6.45) is 8.68. The molecule has 2 heterocycles. The second-order valence-electron chi connectivity index (χ2n) is 12.9. The molecule has 0 fully saturated rings. The van der Waals surface area contributed by atoms with Gasteiger partial charge in [-0.15, -0.1) is 0 Å². The number of aromatic nitrogens is 2. The van der Waals surface area contributed by atoms with Crippen LogP contribution in [-0.4, -0.2) is 37.2 Å². The van der Waals surface area contributed by atoms with Gasteiger partial charge < -0.3 is 19.7 Å². The number of hydrogen-bond donors (Lipinski definition) is 2. The number of carbonyl (C=O) groups excluding carboxylic acids is 1. The second kappa shape index (κ2) is 17.9. The fourth-order valence-corrected chi connectivity index (χ4v) is 6.51. The van der Waals surface area contributed by atoms with E-state index in [9.17, 15) is 18.5 Å². The van der Waals surface area contributed by atoms with Gasteiger partial charge in [-0.3, -0.25) is 19.5 Å². The Morgan fingerprint density at radius 1 is 0.782 bits per heavy atom. The molecule has 55 heavy (non-hydrogen) atoms. The summed E-state index contributed by atoms with van der Waals surface area (Å²) in [5.41, 5.74) is 6.97. The van der Waals surface area contributed by atoms with Gasteiger partial charge in [-0.2, -0.15) is 5.26 Å². The number of rotatable bonds is 16. The Hall–Kier alpha value is -6.71. The zero-order chi connectivity index (χ0) is 38.6. The third-order valence-corrected chi connectivity index (χ3v) is 9.22.